The quantitative estimate of drug-likeness (QED) is 0.380. The van der Waals surface area contributed by atoms with E-state index in [1.807, 2.05) is 7.05 Å². The molecule has 7 heteroatoms. The lowest BCUT2D eigenvalue weighted by atomic mass is 10.0. The Balaban J connectivity index is 0.00000264. The van der Waals surface area contributed by atoms with Crippen LogP contribution < -0.4 is 10.6 Å². The van der Waals surface area contributed by atoms with Crippen LogP contribution in [0.15, 0.2) is 4.99 Å². The van der Waals surface area contributed by atoms with Gasteiger partial charge in [0.15, 0.2) is 5.96 Å². The molecule has 0 bridgehead atoms. The fourth-order valence-electron chi connectivity index (χ4n) is 3.12. The summed E-state index contributed by atoms with van der Waals surface area (Å²) in [6, 6.07) is 0. The summed E-state index contributed by atoms with van der Waals surface area (Å²) in [5.41, 5.74) is -0.0347. The summed E-state index contributed by atoms with van der Waals surface area (Å²) in [5, 5.41) is 6.81. The first-order chi connectivity index (χ1) is 10.6. The highest BCUT2D eigenvalue weighted by atomic mass is 127. The second-order valence-corrected chi connectivity index (χ2v) is 6.75. The van der Waals surface area contributed by atoms with Gasteiger partial charge in [0, 0.05) is 46.4 Å². The lowest BCUT2D eigenvalue weighted by Gasteiger charge is -2.25. The van der Waals surface area contributed by atoms with Crippen molar-refractivity contribution >= 4 is 29.9 Å². The number of likely N-dealkylation sites (N-methyl/N-ethyl adjacent to an activating group) is 1. The molecule has 2 aliphatic heterocycles. The summed E-state index contributed by atoms with van der Waals surface area (Å²) in [6.45, 7) is 10.6. The molecule has 0 amide bonds. The Morgan fingerprint density at radius 1 is 1.17 bits per heavy atom. The van der Waals surface area contributed by atoms with E-state index in [-0.39, 0.29) is 29.6 Å². The highest BCUT2D eigenvalue weighted by Crippen LogP contribution is 2.23. The van der Waals surface area contributed by atoms with Crippen molar-refractivity contribution in [3.05, 3.63) is 0 Å². The zero-order chi connectivity index (χ0) is 15.8. The smallest absolute Gasteiger partial charge is 0.191 e. The first-order valence-electron chi connectivity index (χ1n) is 8.61. The Hall–Kier alpha value is -0.120. The van der Waals surface area contributed by atoms with E-state index >= 15 is 0 Å². The van der Waals surface area contributed by atoms with E-state index in [1.165, 1.54) is 26.1 Å². The van der Waals surface area contributed by atoms with Crippen molar-refractivity contribution in [2.75, 3.05) is 66.5 Å². The maximum atomic E-state index is 5.80. The molecule has 0 saturated carbocycles. The van der Waals surface area contributed by atoms with E-state index in [9.17, 15) is 0 Å². The molecule has 6 nitrogen and oxygen atoms in total. The van der Waals surface area contributed by atoms with Gasteiger partial charge in [0.1, 0.15) is 0 Å². The minimum Gasteiger partial charge on any atom is -0.373 e. The van der Waals surface area contributed by atoms with Gasteiger partial charge in [-0.05, 0) is 46.3 Å². The fraction of sp³-hybridized carbons (Fsp3) is 0.938. The monoisotopic (exact) mass is 439 g/mol. The molecular formula is C16H34IN5O. The van der Waals surface area contributed by atoms with Gasteiger partial charge in [-0.2, -0.15) is 0 Å². The van der Waals surface area contributed by atoms with Crippen LogP contribution in [-0.2, 0) is 4.74 Å². The molecule has 2 fully saturated rings. The van der Waals surface area contributed by atoms with Gasteiger partial charge in [-0.3, -0.25) is 4.99 Å². The summed E-state index contributed by atoms with van der Waals surface area (Å²) >= 11 is 0. The molecule has 0 aromatic carbocycles. The summed E-state index contributed by atoms with van der Waals surface area (Å²) in [5.74, 6) is 0.878. The molecule has 0 aromatic heterocycles. The summed E-state index contributed by atoms with van der Waals surface area (Å²) in [6.07, 6.45) is 3.55. The fourth-order valence-corrected chi connectivity index (χ4v) is 3.12. The SMILES string of the molecule is CN=C(NCCN1CCCN(C)CC1)NCC1(C)CCCO1.I. The van der Waals surface area contributed by atoms with Gasteiger partial charge < -0.3 is 25.2 Å². The molecule has 0 radical (unpaired) electrons. The average molecular weight is 439 g/mol. The number of aliphatic imine (C=N–C) groups is 1. The molecule has 0 spiro atoms. The topological polar surface area (TPSA) is 52.1 Å². The molecule has 23 heavy (non-hydrogen) atoms. The number of guanidine groups is 1. The van der Waals surface area contributed by atoms with E-state index in [2.05, 4.69) is 39.4 Å². The molecule has 2 N–H and O–H groups in total. The van der Waals surface area contributed by atoms with Gasteiger partial charge in [-0.25, -0.2) is 0 Å². The summed E-state index contributed by atoms with van der Waals surface area (Å²) in [7, 11) is 4.03. The lowest BCUT2D eigenvalue weighted by molar-refractivity contribution is 0.0243. The molecular weight excluding hydrogens is 405 g/mol. The van der Waals surface area contributed by atoms with Crippen LogP contribution >= 0.6 is 24.0 Å². The van der Waals surface area contributed by atoms with Crippen LogP contribution in [0.5, 0.6) is 0 Å². The van der Waals surface area contributed by atoms with E-state index < -0.39 is 0 Å². The van der Waals surface area contributed by atoms with Crippen LogP contribution in [0.1, 0.15) is 26.2 Å². The normalized spacial score (nSPS) is 27.3. The molecule has 1 atom stereocenters. The van der Waals surface area contributed by atoms with Crippen molar-refractivity contribution in [2.24, 2.45) is 4.99 Å². The second-order valence-electron chi connectivity index (χ2n) is 6.75. The third-order valence-electron chi connectivity index (χ3n) is 4.69. The van der Waals surface area contributed by atoms with E-state index in [0.29, 0.717) is 0 Å². The minimum atomic E-state index is -0.0347. The zero-order valence-electron chi connectivity index (χ0n) is 14.9. The maximum absolute atomic E-state index is 5.80. The van der Waals surface area contributed by atoms with E-state index in [1.54, 1.807) is 0 Å². The highest BCUT2D eigenvalue weighted by Gasteiger charge is 2.29. The van der Waals surface area contributed by atoms with E-state index in [0.717, 1.165) is 51.6 Å². The van der Waals surface area contributed by atoms with Crippen molar-refractivity contribution < 1.29 is 4.74 Å². The van der Waals surface area contributed by atoms with Gasteiger partial charge in [0.25, 0.3) is 0 Å². The zero-order valence-corrected chi connectivity index (χ0v) is 17.3. The molecule has 2 aliphatic rings. The van der Waals surface area contributed by atoms with Gasteiger partial charge in [0.05, 0.1) is 5.60 Å². The van der Waals surface area contributed by atoms with Crippen LogP contribution in [-0.4, -0.2) is 87.9 Å². The summed E-state index contributed by atoms with van der Waals surface area (Å²) < 4.78 is 5.80. The molecule has 1 unspecified atom stereocenters. The van der Waals surface area contributed by atoms with Crippen molar-refractivity contribution in [2.45, 2.75) is 31.8 Å². The maximum Gasteiger partial charge on any atom is 0.191 e. The Morgan fingerprint density at radius 2 is 2.00 bits per heavy atom. The number of ether oxygens (including phenoxy) is 1. The molecule has 0 aromatic rings. The van der Waals surface area contributed by atoms with Gasteiger partial charge >= 0.3 is 0 Å². The van der Waals surface area contributed by atoms with Crippen molar-refractivity contribution in [1.29, 1.82) is 0 Å². The van der Waals surface area contributed by atoms with Crippen LogP contribution in [0.25, 0.3) is 0 Å². The number of halogens is 1. The highest BCUT2D eigenvalue weighted by molar-refractivity contribution is 14.0. The lowest BCUT2D eigenvalue weighted by Crippen LogP contribution is -2.47. The third-order valence-corrected chi connectivity index (χ3v) is 4.69. The Labute approximate surface area is 158 Å². The van der Waals surface area contributed by atoms with E-state index in [4.69, 9.17) is 4.74 Å². The van der Waals surface area contributed by atoms with Gasteiger partial charge in [0.2, 0.25) is 0 Å². The number of nitrogens with zero attached hydrogens (tertiary/aromatic N) is 3. The number of rotatable bonds is 5. The van der Waals surface area contributed by atoms with Crippen LogP contribution in [0.2, 0.25) is 0 Å². The van der Waals surface area contributed by atoms with Crippen LogP contribution in [0.3, 0.4) is 0 Å². The second kappa shape index (κ2) is 10.7. The molecule has 2 rings (SSSR count). The minimum absolute atomic E-state index is 0. The first-order valence-corrected chi connectivity index (χ1v) is 8.61. The van der Waals surface area contributed by atoms with Gasteiger partial charge in [-0.15, -0.1) is 24.0 Å². The predicted molar refractivity (Wildman–Crippen MR) is 107 cm³/mol. The van der Waals surface area contributed by atoms with Crippen molar-refractivity contribution in [1.82, 2.24) is 20.4 Å². The van der Waals surface area contributed by atoms with Crippen molar-refractivity contribution in [3.8, 4) is 0 Å². The largest absolute Gasteiger partial charge is 0.373 e. The number of hydrogen-bond acceptors (Lipinski definition) is 4. The van der Waals surface area contributed by atoms with Crippen LogP contribution in [0.4, 0.5) is 0 Å². The molecule has 2 saturated heterocycles. The third kappa shape index (κ3) is 7.53. The van der Waals surface area contributed by atoms with Crippen molar-refractivity contribution in [3.63, 3.8) is 0 Å². The molecule has 136 valence electrons. The number of hydrogen-bond donors (Lipinski definition) is 2. The predicted octanol–water partition coefficient (Wildman–Crippen LogP) is 0.976. The average Bonchev–Trinajstić information content (AvgIpc) is 2.83. The van der Waals surface area contributed by atoms with Crippen LogP contribution in [0, 0.1) is 0 Å². The standard InChI is InChI=1S/C16H33N5O.HI/c1-16(6-4-13-22-16)14-19-15(17-2)18-7-10-21-9-5-8-20(3)11-12-21;/h4-14H2,1-3H3,(H2,17,18,19);1H. The summed E-state index contributed by atoms with van der Waals surface area (Å²) in [4.78, 5) is 9.25. The number of nitrogens with one attached hydrogen (secondary N) is 2. The molecule has 2 heterocycles. The Bertz CT molecular complexity index is 360. The Kier molecular flexibility index (Phi) is 9.72. The Morgan fingerprint density at radius 3 is 2.70 bits per heavy atom. The van der Waals surface area contributed by atoms with Gasteiger partial charge in [-0.1, -0.05) is 0 Å². The first kappa shape index (κ1) is 20.9. The molecule has 0 aliphatic carbocycles.